The number of aromatic nitrogens is 2. The molecule has 1 N–H and O–H groups in total. The van der Waals surface area contributed by atoms with E-state index in [4.69, 9.17) is 0 Å². The third kappa shape index (κ3) is 5.12. The molecular formula is C15H26N4OS2. The van der Waals surface area contributed by atoms with E-state index in [1.165, 1.54) is 35.9 Å². The van der Waals surface area contributed by atoms with Gasteiger partial charge in [0.05, 0.1) is 5.75 Å². The van der Waals surface area contributed by atoms with Crippen LogP contribution < -0.4 is 5.32 Å². The maximum atomic E-state index is 12.3. The maximum Gasteiger partial charge on any atom is 0.233 e. The summed E-state index contributed by atoms with van der Waals surface area (Å²) in [7, 11) is 1.94. The topological polar surface area (TPSA) is 58.1 Å². The lowest BCUT2D eigenvalue weighted by Gasteiger charge is -2.33. The SMILES string of the molecule is CCCNc1nnc(SCC(=O)N(C)C2CCC(C)CC2)s1. The van der Waals surface area contributed by atoms with Crippen LogP contribution in [0.25, 0.3) is 0 Å². The molecule has 0 saturated heterocycles. The van der Waals surface area contributed by atoms with Gasteiger partial charge in [0.15, 0.2) is 4.34 Å². The van der Waals surface area contributed by atoms with E-state index in [0.717, 1.165) is 41.2 Å². The van der Waals surface area contributed by atoms with Crippen LogP contribution in [0, 0.1) is 5.92 Å². The number of carbonyl (C=O) groups excluding carboxylic acids is 1. The van der Waals surface area contributed by atoms with Gasteiger partial charge >= 0.3 is 0 Å². The second-order valence-electron chi connectivity index (χ2n) is 6.01. The van der Waals surface area contributed by atoms with Gasteiger partial charge in [0, 0.05) is 19.6 Å². The molecule has 0 aliphatic heterocycles. The van der Waals surface area contributed by atoms with Crippen molar-refractivity contribution in [2.45, 2.75) is 56.3 Å². The van der Waals surface area contributed by atoms with Crippen molar-refractivity contribution in [1.82, 2.24) is 15.1 Å². The van der Waals surface area contributed by atoms with Crippen molar-refractivity contribution >= 4 is 34.1 Å². The number of thioether (sulfide) groups is 1. The van der Waals surface area contributed by atoms with E-state index in [0.29, 0.717) is 11.8 Å². The molecule has 1 aliphatic rings. The quantitative estimate of drug-likeness (QED) is 0.769. The molecule has 7 heteroatoms. The Hall–Kier alpha value is -0.820. The lowest BCUT2D eigenvalue weighted by Crippen LogP contribution is -2.40. The van der Waals surface area contributed by atoms with Crippen molar-refractivity contribution in [3.05, 3.63) is 0 Å². The summed E-state index contributed by atoms with van der Waals surface area (Å²) in [6.07, 6.45) is 5.80. The van der Waals surface area contributed by atoms with Crippen molar-refractivity contribution in [1.29, 1.82) is 0 Å². The van der Waals surface area contributed by atoms with Gasteiger partial charge in [-0.15, -0.1) is 10.2 Å². The molecule has 0 radical (unpaired) electrons. The van der Waals surface area contributed by atoms with Gasteiger partial charge in [-0.1, -0.05) is 36.9 Å². The first-order valence-electron chi connectivity index (χ1n) is 8.06. The molecule has 1 aromatic rings. The van der Waals surface area contributed by atoms with Crippen LogP contribution in [0.4, 0.5) is 5.13 Å². The fourth-order valence-electron chi connectivity index (χ4n) is 2.63. The third-order valence-electron chi connectivity index (χ3n) is 4.18. The van der Waals surface area contributed by atoms with E-state index in [-0.39, 0.29) is 5.91 Å². The van der Waals surface area contributed by atoms with Crippen molar-refractivity contribution < 1.29 is 4.79 Å². The Morgan fingerprint density at radius 2 is 2.09 bits per heavy atom. The highest BCUT2D eigenvalue weighted by Gasteiger charge is 2.24. The summed E-state index contributed by atoms with van der Waals surface area (Å²) in [5.74, 6) is 1.46. The number of amides is 1. The maximum absolute atomic E-state index is 12.3. The largest absolute Gasteiger partial charge is 0.360 e. The predicted octanol–water partition coefficient (Wildman–Crippen LogP) is 3.49. The van der Waals surface area contributed by atoms with Gasteiger partial charge < -0.3 is 10.2 Å². The van der Waals surface area contributed by atoms with Crippen LogP contribution in [0.15, 0.2) is 4.34 Å². The van der Waals surface area contributed by atoms with Crippen molar-refractivity contribution in [2.75, 3.05) is 24.7 Å². The smallest absolute Gasteiger partial charge is 0.233 e. The molecule has 1 amide bonds. The first-order chi connectivity index (χ1) is 10.6. The Bertz CT molecular complexity index is 472. The summed E-state index contributed by atoms with van der Waals surface area (Å²) in [5.41, 5.74) is 0. The Morgan fingerprint density at radius 1 is 1.36 bits per heavy atom. The molecule has 0 atom stereocenters. The summed E-state index contributed by atoms with van der Waals surface area (Å²) in [6.45, 7) is 5.32. The summed E-state index contributed by atoms with van der Waals surface area (Å²) >= 11 is 3.01. The molecule has 22 heavy (non-hydrogen) atoms. The highest BCUT2D eigenvalue weighted by atomic mass is 32.2. The van der Waals surface area contributed by atoms with Gasteiger partial charge in [-0.05, 0) is 38.0 Å². The average molecular weight is 343 g/mol. The highest BCUT2D eigenvalue weighted by Crippen LogP contribution is 2.28. The predicted molar refractivity (Wildman–Crippen MR) is 93.6 cm³/mol. The second kappa shape index (κ2) is 8.72. The van der Waals surface area contributed by atoms with Gasteiger partial charge in [-0.3, -0.25) is 4.79 Å². The first kappa shape index (κ1) is 17.5. The fraction of sp³-hybridized carbons (Fsp3) is 0.800. The lowest BCUT2D eigenvalue weighted by atomic mass is 9.87. The average Bonchev–Trinajstić information content (AvgIpc) is 2.98. The number of hydrogen-bond donors (Lipinski definition) is 1. The van der Waals surface area contributed by atoms with E-state index in [1.54, 1.807) is 0 Å². The number of nitrogens with one attached hydrogen (secondary N) is 1. The van der Waals surface area contributed by atoms with Crippen LogP contribution in [-0.4, -0.2) is 46.4 Å². The standard InChI is InChI=1S/C15H26N4OS2/c1-4-9-16-14-17-18-15(22-14)21-10-13(20)19(3)12-7-5-11(2)6-8-12/h11-12H,4-10H2,1-3H3,(H,16,17). The molecule has 2 rings (SSSR count). The minimum Gasteiger partial charge on any atom is -0.360 e. The van der Waals surface area contributed by atoms with E-state index >= 15 is 0 Å². The molecular weight excluding hydrogens is 316 g/mol. The molecule has 1 heterocycles. The molecule has 124 valence electrons. The Balaban J connectivity index is 1.75. The van der Waals surface area contributed by atoms with Crippen molar-refractivity contribution in [3.63, 3.8) is 0 Å². The zero-order valence-corrected chi connectivity index (χ0v) is 15.3. The van der Waals surface area contributed by atoms with Gasteiger partial charge in [0.25, 0.3) is 0 Å². The molecule has 0 aromatic carbocycles. The van der Waals surface area contributed by atoms with Crippen LogP contribution in [0.2, 0.25) is 0 Å². The number of rotatable bonds is 7. The molecule has 5 nitrogen and oxygen atoms in total. The van der Waals surface area contributed by atoms with Crippen molar-refractivity contribution in [2.24, 2.45) is 5.92 Å². The van der Waals surface area contributed by atoms with E-state index in [2.05, 4.69) is 29.4 Å². The number of carbonyl (C=O) groups is 1. The van der Waals surface area contributed by atoms with Crippen LogP contribution in [0.3, 0.4) is 0 Å². The van der Waals surface area contributed by atoms with Gasteiger partial charge in [0.1, 0.15) is 0 Å². The fourth-order valence-corrected chi connectivity index (χ4v) is 4.33. The summed E-state index contributed by atoms with van der Waals surface area (Å²) in [6, 6.07) is 0.417. The molecule has 0 spiro atoms. The van der Waals surface area contributed by atoms with Gasteiger partial charge in [-0.2, -0.15) is 0 Å². The number of hydrogen-bond acceptors (Lipinski definition) is 6. The normalized spacial score (nSPS) is 21.6. The van der Waals surface area contributed by atoms with Crippen LogP contribution in [0.5, 0.6) is 0 Å². The molecule has 0 unspecified atom stereocenters. The minimum absolute atomic E-state index is 0.197. The number of anilines is 1. The molecule has 1 saturated carbocycles. The van der Waals surface area contributed by atoms with E-state index in [1.807, 2.05) is 11.9 Å². The molecule has 0 bridgehead atoms. The van der Waals surface area contributed by atoms with E-state index < -0.39 is 0 Å². The van der Waals surface area contributed by atoms with Crippen molar-refractivity contribution in [3.8, 4) is 0 Å². The summed E-state index contributed by atoms with van der Waals surface area (Å²) in [4.78, 5) is 14.3. The Morgan fingerprint density at radius 3 is 2.77 bits per heavy atom. The van der Waals surface area contributed by atoms with Crippen LogP contribution in [0.1, 0.15) is 46.0 Å². The van der Waals surface area contributed by atoms with Gasteiger partial charge in [0.2, 0.25) is 11.0 Å². The Labute approximate surface area is 141 Å². The zero-order chi connectivity index (χ0) is 15.9. The second-order valence-corrected chi connectivity index (χ2v) is 8.21. The minimum atomic E-state index is 0.197. The van der Waals surface area contributed by atoms with Crippen LogP contribution >= 0.6 is 23.1 Å². The first-order valence-corrected chi connectivity index (χ1v) is 9.86. The number of nitrogens with zero attached hydrogens (tertiary/aromatic N) is 3. The molecule has 1 fully saturated rings. The van der Waals surface area contributed by atoms with Gasteiger partial charge in [-0.25, -0.2) is 0 Å². The summed E-state index contributed by atoms with van der Waals surface area (Å²) in [5, 5.41) is 12.3. The zero-order valence-electron chi connectivity index (χ0n) is 13.7. The Kier molecular flexibility index (Phi) is 6.95. The molecule has 1 aromatic heterocycles. The third-order valence-corrected chi connectivity index (χ3v) is 6.18. The highest BCUT2D eigenvalue weighted by molar-refractivity contribution is 8.01. The van der Waals surface area contributed by atoms with E-state index in [9.17, 15) is 4.79 Å². The monoisotopic (exact) mass is 342 g/mol. The molecule has 1 aliphatic carbocycles. The summed E-state index contributed by atoms with van der Waals surface area (Å²) < 4.78 is 0.859. The lowest BCUT2D eigenvalue weighted by molar-refractivity contribution is -0.129. The van der Waals surface area contributed by atoms with Crippen LogP contribution in [-0.2, 0) is 4.79 Å².